The number of allylic oxidation sites excluding steroid dienone is 2. The molecule has 1 aliphatic heterocycles. The second kappa shape index (κ2) is 5.05. The number of hydrogen-bond donors (Lipinski definition) is 0. The lowest BCUT2D eigenvalue weighted by atomic mass is 9.91. The smallest absolute Gasteiger partial charge is 0.142 e. The number of alkyl halides is 1. The van der Waals surface area contributed by atoms with Crippen LogP contribution in [0.25, 0.3) is 0 Å². The molecule has 2 nitrogen and oxygen atoms in total. The third-order valence-electron chi connectivity index (χ3n) is 2.45. The number of nitrogens with zero attached hydrogens (tertiary/aromatic N) is 1. The fourth-order valence-electron chi connectivity index (χ4n) is 1.61. The minimum Gasteiger partial charge on any atom is -0.299 e. The lowest BCUT2D eigenvalue weighted by molar-refractivity contribution is -0.104. The van der Waals surface area contributed by atoms with Crippen molar-refractivity contribution in [3.63, 3.8) is 0 Å². The molecule has 0 aromatic heterocycles. The van der Waals surface area contributed by atoms with Gasteiger partial charge in [-0.2, -0.15) is 0 Å². The first kappa shape index (κ1) is 11.1. The van der Waals surface area contributed by atoms with Gasteiger partial charge in [-0.25, -0.2) is 4.39 Å². The van der Waals surface area contributed by atoms with Gasteiger partial charge in [0.1, 0.15) is 12.5 Å². The van der Waals surface area contributed by atoms with E-state index >= 15 is 0 Å². The molecule has 0 amide bonds. The van der Waals surface area contributed by atoms with E-state index in [9.17, 15) is 9.18 Å². The van der Waals surface area contributed by atoms with Gasteiger partial charge in [-0.3, -0.25) is 9.69 Å². The van der Waals surface area contributed by atoms with E-state index in [0.717, 1.165) is 25.9 Å². The number of rotatable bonds is 5. The average molecular weight is 197 g/mol. The van der Waals surface area contributed by atoms with Crippen LogP contribution in [0.1, 0.15) is 6.92 Å². The lowest BCUT2D eigenvalue weighted by Crippen LogP contribution is -2.50. The van der Waals surface area contributed by atoms with Crippen LogP contribution in [0, 0.1) is 5.92 Å². The summed E-state index contributed by atoms with van der Waals surface area (Å²) in [6.07, 6.45) is 3.14. The highest BCUT2D eigenvalue weighted by Crippen LogP contribution is 2.24. The Hall–Kier alpha value is -0.960. The molecule has 1 rings (SSSR count). The van der Waals surface area contributed by atoms with Gasteiger partial charge < -0.3 is 0 Å². The Labute approximate surface area is 84.1 Å². The topological polar surface area (TPSA) is 20.3 Å². The van der Waals surface area contributed by atoms with E-state index in [-0.39, 0.29) is 5.92 Å². The van der Waals surface area contributed by atoms with Crippen molar-refractivity contribution in [1.29, 1.82) is 0 Å². The summed E-state index contributed by atoms with van der Waals surface area (Å²) in [6.45, 7) is 7.58. The number of hydrogen-bond acceptors (Lipinski definition) is 2. The zero-order chi connectivity index (χ0) is 10.6. The molecule has 14 heavy (non-hydrogen) atoms. The Kier molecular flexibility index (Phi) is 4.01. The molecule has 1 unspecified atom stereocenters. The van der Waals surface area contributed by atoms with Crippen molar-refractivity contribution in [2.24, 2.45) is 5.92 Å². The predicted molar refractivity (Wildman–Crippen MR) is 54.8 cm³/mol. The van der Waals surface area contributed by atoms with Gasteiger partial charge in [-0.1, -0.05) is 12.7 Å². The fraction of sp³-hybridized carbons (Fsp3) is 0.545. The Morgan fingerprint density at radius 1 is 1.71 bits per heavy atom. The Bertz CT molecular complexity index is 244. The largest absolute Gasteiger partial charge is 0.299 e. The van der Waals surface area contributed by atoms with E-state index in [1.165, 1.54) is 6.08 Å². The molecule has 78 valence electrons. The van der Waals surface area contributed by atoms with Crippen molar-refractivity contribution < 1.29 is 9.18 Å². The van der Waals surface area contributed by atoms with Crippen LogP contribution < -0.4 is 0 Å². The number of aldehydes is 1. The summed E-state index contributed by atoms with van der Waals surface area (Å²) in [4.78, 5) is 12.1. The monoisotopic (exact) mass is 197 g/mol. The molecule has 0 aliphatic carbocycles. The summed E-state index contributed by atoms with van der Waals surface area (Å²) in [5, 5.41) is 0. The van der Waals surface area contributed by atoms with Crippen LogP contribution in [0.15, 0.2) is 24.3 Å². The fourth-order valence-corrected chi connectivity index (χ4v) is 1.61. The summed E-state index contributed by atoms with van der Waals surface area (Å²) >= 11 is 0. The summed E-state index contributed by atoms with van der Waals surface area (Å²) < 4.78 is 13.3. The molecule has 0 saturated carbocycles. The van der Waals surface area contributed by atoms with E-state index in [1.54, 1.807) is 13.0 Å². The van der Waals surface area contributed by atoms with Crippen molar-refractivity contribution >= 4 is 6.29 Å². The van der Waals surface area contributed by atoms with Gasteiger partial charge in [0, 0.05) is 25.6 Å². The Morgan fingerprint density at radius 3 is 2.86 bits per heavy atom. The van der Waals surface area contributed by atoms with Gasteiger partial charge in [0.2, 0.25) is 0 Å². The van der Waals surface area contributed by atoms with Gasteiger partial charge in [-0.15, -0.1) is 0 Å². The predicted octanol–water partition coefficient (Wildman–Crippen LogP) is 1.59. The Morgan fingerprint density at radius 2 is 2.36 bits per heavy atom. The van der Waals surface area contributed by atoms with Crippen molar-refractivity contribution in [3.8, 4) is 0 Å². The maximum absolute atomic E-state index is 13.3. The van der Waals surface area contributed by atoms with Crippen molar-refractivity contribution in [2.45, 2.75) is 13.1 Å². The van der Waals surface area contributed by atoms with Gasteiger partial charge >= 0.3 is 0 Å². The SMILES string of the molecule is C=C(C)C(F)C1CN(C/C=C/C=O)C1. The molecule has 1 fully saturated rings. The first-order valence-electron chi connectivity index (χ1n) is 4.77. The average Bonchev–Trinajstić information content (AvgIpc) is 2.08. The second-order valence-corrected chi connectivity index (χ2v) is 3.79. The van der Waals surface area contributed by atoms with Crippen LogP contribution >= 0.6 is 0 Å². The third kappa shape index (κ3) is 2.77. The van der Waals surface area contributed by atoms with Crippen LogP contribution in [0.2, 0.25) is 0 Å². The van der Waals surface area contributed by atoms with Gasteiger partial charge in [0.05, 0.1) is 0 Å². The third-order valence-corrected chi connectivity index (χ3v) is 2.45. The van der Waals surface area contributed by atoms with Crippen molar-refractivity contribution in [2.75, 3.05) is 19.6 Å². The van der Waals surface area contributed by atoms with E-state index in [2.05, 4.69) is 11.5 Å². The molecule has 0 bridgehead atoms. The maximum Gasteiger partial charge on any atom is 0.142 e. The number of halogens is 1. The summed E-state index contributed by atoms with van der Waals surface area (Å²) in [6, 6.07) is 0. The van der Waals surface area contributed by atoms with Gasteiger partial charge in [0.25, 0.3) is 0 Å². The zero-order valence-electron chi connectivity index (χ0n) is 8.45. The molecular weight excluding hydrogens is 181 g/mol. The highest BCUT2D eigenvalue weighted by Gasteiger charge is 2.32. The molecular formula is C11H16FNO. The standard InChI is InChI=1S/C11H16FNO/c1-9(2)11(12)10-7-13(8-10)5-3-4-6-14/h3-4,6,10-11H,1,5,7-8H2,2H3/b4-3+. The van der Waals surface area contributed by atoms with Crippen LogP contribution in [-0.2, 0) is 4.79 Å². The molecule has 0 spiro atoms. The molecule has 0 N–H and O–H groups in total. The van der Waals surface area contributed by atoms with E-state index in [0.29, 0.717) is 5.57 Å². The highest BCUT2D eigenvalue weighted by atomic mass is 19.1. The van der Waals surface area contributed by atoms with Crippen molar-refractivity contribution in [3.05, 3.63) is 24.3 Å². The molecule has 1 atom stereocenters. The first-order chi connectivity index (χ1) is 6.65. The summed E-state index contributed by atoms with van der Waals surface area (Å²) in [7, 11) is 0. The van der Waals surface area contributed by atoms with E-state index in [4.69, 9.17) is 0 Å². The number of carbonyl (C=O) groups excluding carboxylic acids is 1. The van der Waals surface area contributed by atoms with Crippen LogP contribution in [0.4, 0.5) is 4.39 Å². The highest BCUT2D eigenvalue weighted by molar-refractivity contribution is 5.64. The maximum atomic E-state index is 13.3. The van der Waals surface area contributed by atoms with Gasteiger partial charge in [0.15, 0.2) is 0 Å². The van der Waals surface area contributed by atoms with Crippen LogP contribution in [0.3, 0.4) is 0 Å². The molecule has 1 saturated heterocycles. The van der Waals surface area contributed by atoms with Crippen LogP contribution in [0.5, 0.6) is 0 Å². The van der Waals surface area contributed by atoms with E-state index < -0.39 is 6.17 Å². The normalized spacial score (nSPS) is 20.7. The zero-order valence-corrected chi connectivity index (χ0v) is 8.45. The Balaban J connectivity index is 2.20. The van der Waals surface area contributed by atoms with Crippen LogP contribution in [-0.4, -0.2) is 37.0 Å². The van der Waals surface area contributed by atoms with Gasteiger partial charge in [-0.05, 0) is 18.6 Å². The lowest BCUT2D eigenvalue weighted by Gasteiger charge is -2.40. The van der Waals surface area contributed by atoms with Crippen molar-refractivity contribution in [1.82, 2.24) is 4.90 Å². The summed E-state index contributed by atoms with van der Waals surface area (Å²) in [5.41, 5.74) is 0.609. The first-order valence-corrected chi connectivity index (χ1v) is 4.77. The second-order valence-electron chi connectivity index (χ2n) is 3.79. The molecule has 0 radical (unpaired) electrons. The van der Waals surface area contributed by atoms with E-state index in [1.807, 2.05) is 0 Å². The quantitative estimate of drug-likeness (QED) is 0.379. The molecule has 0 aromatic rings. The minimum atomic E-state index is -0.874. The molecule has 1 heterocycles. The number of carbonyl (C=O) groups is 1. The molecule has 0 aromatic carbocycles. The minimum absolute atomic E-state index is 0.0946. The number of likely N-dealkylation sites (tertiary alicyclic amines) is 1. The molecule has 3 heteroatoms. The molecule has 1 aliphatic rings. The summed E-state index contributed by atoms with van der Waals surface area (Å²) in [5.74, 6) is 0.0946.